The van der Waals surface area contributed by atoms with Gasteiger partial charge in [0.05, 0.1) is 6.10 Å². The Labute approximate surface area is 133 Å². The lowest BCUT2D eigenvalue weighted by atomic mass is 10.0. The molecule has 0 saturated carbocycles. The van der Waals surface area contributed by atoms with Crippen molar-refractivity contribution in [3.05, 3.63) is 29.8 Å². The second-order valence-corrected chi connectivity index (χ2v) is 5.55. The molecule has 1 fully saturated rings. The quantitative estimate of drug-likeness (QED) is 0.845. The number of rotatable bonds is 6. The van der Waals surface area contributed by atoms with E-state index < -0.39 is 0 Å². The minimum Gasteiger partial charge on any atom is -0.491 e. The van der Waals surface area contributed by atoms with E-state index in [4.69, 9.17) is 4.74 Å². The first-order valence-corrected chi connectivity index (χ1v) is 7.53. The minimum atomic E-state index is 0. The van der Waals surface area contributed by atoms with Crippen molar-refractivity contribution in [2.45, 2.75) is 32.4 Å². The number of ether oxygens (including phenoxy) is 1. The molecule has 1 aliphatic rings. The lowest BCUT2D eigenvalue weighted by Crippen LogP contribution is -2.45. The number of nitrogens with zero attached hydrogens (tertiary/aromatic N) is 1. The first kappa shape index (κ1) is 18.2. The highest BCUT2D eigenvalue weighted by atomic mass is 35.5. The zero-order valence-corrected chi connectivity index (χ0v) is 13.7. The molecule has 4 nitrogen and oxygen atoms in total. The Morgan fingerprint density at radius 2 is 1.81 bits per heavy atom. The van der Waals surface area contributed by atoms with E-state index in [2.05, 4.69) is 22.3 Å². The van der Waals surface area contributed by atoms with Gasteiger partial charge in [-0.2, -0.15) is 0 Å². The van der Waals surface area contributed by atoms with Gasteiger partial charge in [-0.15, -0.1) is 12.4 Å². The van der Waals surface area contributed by atoms with Crippen molar-refractivity contribution < 1.29 is 9.84 Å². The molecule has 0 unspecified atom stereocenters. The second-order valence-electron chi connectivity index (χ2n) is 5.55. The van der Waals surface area contributed by atoms with Crippen LogP contribution in [0.15, 0.2) is 24.3 Å². The van der Waals surface area contributed by atoms with Gasteiger partial charge in [0.25, 0.3) is 0 Å². The van der Waals surface area contributed by atoms with E-state index in [1.807, 2.05) is 26.0 Å². The number of nitrogens with one attached hydrogen (secondary N) is 1. The summed E-state index contributed by atoms with van der Waals surface area (Å²) in [7, 11) is 0. The summed E-state index contributed by atoms with van der Waals surface area (Å²) < 4.78 is 5.68. The molecule has 0 aromatic heterocycles. The Kier molecular flexibility index (Phi) is 8.04. The highest BCUT2D eigenvalue weighted by Crippen LogP contribution is 2.26. The molecule has 0 radical (unpaired) electrons. The van der Waals surface area contributed by atoms with E-state index in [9.17, 15) is 5.11 Å². The molecule has 0 bridgehead atoms. The summed E-state index contributed by atoms with van der Waals surface area (Å²) >= 11 is 0. The van der Waals surface area contributed by atoms with Crippen LogP contribution in [0.1, 0.15) is 31.9 Å². The van der Waals surface area contributed by atoms with Crippen LogP contribution in [0.3, 0.4) is 0 Å². The van der Waals surface area contributed by atoms with Gasteiger partial charge in [0.15, 0.2) is 0 Å². The molecule has 0 spiro atoms. The maximum absolute atomic E-state index is 9.34. The number of piperazine rings is 1. The molecule has 5 heteroatoms. The third-order valence-corrected chi connectivity index (χ3v) is 3.63. The van der Waals surface area contributed by atoms with Crippen molar-refractivity contribution in [1.82, 2.24) is 10.2 Å². The van der Waals surface area contributed by atoms with E-state index in [0.717, 1.165) is 38.3 Å². The zero-order valence-electron chi connectivity index (χ0n) is 12.9. The van der Waals surface area contributed by atoms with Crippen molar-refractivity contribution >= 4 is 12.4 Å². The van der Waals surface area contributed by atoms with Crippen LogP contribution in [0, 0.1) is 0 Å². The average molecular weight is 315 g/mol. The van der Waals surface area contributed by atoms with Gasteiger partial charge in [-0.1, -0.05) is 12.1 Å². The molecular weight excluding hydrogens is 288 g/mol. The number of hydrogen-bond donors (Lipinski definition) is 2. The van der Waals surface area contributed by atoms with Crippen LogP contribution in [-0.4, -0.2) is 48.9 Å². The van der Waals surface area contributed by atoms with Crippen molar-refractivity contribution in [2.75, 3.05) is 32.8 Å². The summed E-state index contributed by atoms with van der Waals surface area (Å²) in [6.45, 7) is 8.40. The van der Waals surface area contributed by atoms with Crippen LogP contribution >= 0.6 is 12.4 Å². The van der Waals surface area contributed by atoms with Gasteiger partial charge in [0.1, 0.15) is 5.75 Å². The third kappa shape index (κ3) is 5.47. The van der Waals surface area contributed by atoms with E-state index in [1.165, 1.54) is 5.56 Å². The van der Waals surface area contributed by atoms with E-state index in [0.29, 0.717) is 6.04 Å². The average Bonchev–Trinajstić information content (AvgIpc) is 2.46. The van der Waals surface area contributed by atoms with Crippen LogP contribution < -0.4 is 10.1 Å². The van der Waals surface area contributed by atoms with Crippen LogP contribution in [-0.2, 0) is 0 Å². The fourth-order valence-electron chi connectivity index (χ4n) is 2.72. The van der Waals surface area contributed by atoms with Crippen LogP contribution in [0.5, 0.6) is 5.75 Å². The van der Waals surface area contributed by atoms with Crippen molar-refractivity contribution in [1.29, 1.82) is 0 Å². The van der Waals surface area contributed by atoms with Gasteiger partial charge in [-0.3, -0.25) is 4.90 Å². The standard InChI is InChI=1S/C16H26N2O2.ClH/c1-13(2)20-15-5-3-14(4-6-15)16(7-12-19)18-10-8-17-9-11-18;/h3-6,13,16-17,19H,7-12H2,1-2H3;1H/t16-;/m1./s1. The minimum absolute atomic E-state index is 0. The molecule has 1 saturated heterocycles. The number of halogens is 1. The molecule has 1 atom stereocenters. The van der Waals surface area contributed by atoms with Gasteiger partial charge >= 0.3 is 0 Å². The Bertz CT molecular complexity index is 392. The van der Waals surface area contributed by atoms with Crippen molar-refractivity contribution in [3.63, 3.8) is 0 Å². The van der Waals surface area contributed by atoms with Gasteiger partial charge < -0.3 is 15.2 Å². The van der Waals surface area contributed by atoms with Crippen molar-refractivity contribution in [3.8, 4) is 5.75 Å². The molecule has 1 heterocycles. The highest BCUT2D eigenvalue weighted by molar-refractivity contribution is 5.85. The number of aliphatic hydroxyl groups is 1. The molecule has 2 N–H and O–H groups in total. The largest absolute Gasteiger partial charge is 0.491 e. The van der Waals surface area contributed by atoms with Gasteiger partial charge in [0.2, 0.25) is 0 Å². The lowest BCUT2D eigenvalue weighted by Gasteiger charge is -2.35. The van der Waals surface area contributed by atoms with Crippen LogP contribution in [0.25, 0.3) is 0 Å². The molecule has 21 heavy (non-hydrogen) atoms. The molecule has 1 aromatic carbocycles. The Morgan fingerprint density at radius 1 is 1.19 bits per heavy atom. The summed E-state index contributed by atoms with van der Waals surface area (Å²) in [6.07, 6.45) is 0.979. The molecule has 2 rings (SSSR count). The SMILES string of the molecule is CC(C)Oc1ccc([C@@H](CCO)N2CCNCC2)cc1.Cl. The molecule has 1 aliphatic heterocycles. The molecule has 120 valence electrons. The van der Waals surface area contributed by atoms with E-state index in [1.54, 1.807) is 0 Å². The fourth-order valence-corrected chi connectivity index (χ4v) is 2.72. The second kappa shape index (κ2) is 9.26. The summed E-state index contributed by atoms with van der Waals surface area (Å²) in [5.41, 5.74) is 1.26. The summed E-state index contributed by atoms with van der Waals surface area (Å²) in [5, 5.41) is 12.7. The van der Waals surface area contributed by atoms with Crippen LogP contribution in [0.2, 0.25) is 0 Å². The first-order chi connectivity index (χ1) is 9.70. The Balaban J connectivity index is 0.00000220. The summed E-state index contributed by atoms with van der Waals surface area (Å²) in [6, 6.07) is 8.61. The topological polar surface area (TPSA) is 44.7 Å². The van der Waals surface area contributed by atoms with Gasteiger partial charge in [-0.25, -0.2) is 0 Å². The third-order valence-electron chi connectivity index (χ3n) is 3.63. The maximum atomic E-state index is 9.34. The predicted octanol–water partition coefficient (Wildman–Crippen LogP) is 2.22. The summed E-state index contributed by atoms with van der Waals surface area (Å²) in [4.78, 5) is 2.45. The monoisotopic (exact) mass is 314 g/mol. The van der Waals surface area contributed by atoms with Crippen LogP contribution in [0.4, 0.5) is 0 Å². The van der Waals surface area contributed by atoms with E-state index >= 15 is 0 Å². The normalized spacial score (nSPS) is 17.3. The fraction of sp³-hybridized carbons (Fsp3) is 0.625. The predicted molar refractivity (Wildman–Crippen MR) is 88.3 cm³/mol. The van der Waals surface area contributed by atoms with Gasteiger partial charge in [0, 0.05) is 38.8 Å². The lowest BCUT2D eigenvalue weighted by molar-refractivity contribution is 0.141. The molecule has 0 aliphatic carbocycles. The highest BCUT2D eigenvalue weighted by Gasteiger charge is 2.21. The summed E-state index contributed by atoms with van der Waals surface area (Å²) in [5.74, 6) is 0.909. The maximum Gasteiger partial charge on any atom is 0.119 e. The zero-order chi connectivity index (χ0) is 14.4. The number of aliphatic hydroxyl groups excluding tert-OH is 1. The first-order valence-electron chi connectivity index (χ1n) is 7.53. The van der Waals surface area contributed by atoms with E-state index in [-0.39, 0.29) is 25.1 Å². The smallest absolute Gasteiger partial charge is 0.119 e. The number of hydrogen-bond acceptors (Lipinski definition) is 4. The molecule has 1 aromatic rings. The Hall–Kier alpha value is -0.810. The number of benzene rings is 1. The molecular formula is C16H27ClN2O2. The molecule has 0 amide bonds. The van der Waals surface area contributed by atoms with Gasteiger partial charge in [-0.05, 0) is 38.0 Å². The Morgan fingerprint density at radius 3 is 2.33 bits per heavy atom. The van der Waals surface area contributed by atoms with Crippen molar-refractivity contribution in [2.24, 2.45) is 0 Å².